The molecule has 1 aromatic carbocycles. The third-order valence-electron chi connectivity index (χ3n) is 4.16. The molecule has 2 aromatic rings. The Morgan fingerprint density at radius 3 is 3.00 bits per heavy atom. The first-order valence-electron chi connectivity index (χ1n) is 7.49. The maximum atomic E-state index is 5.60. The largest absolute Gasteiger partial charge is 0.380 e. The summed E-state index contributed by atoms with van der Waals surface area (Å²) in [4.78, 5) is 4.76. The van der Waals surface area contributed by atoms with Crippen LogP contribution in [0.2, 0.25) is 0 Å². The topological polar surface area (TPSA) is 39.1 Å². The number of ether oxygens (including phenoxy) is 1. The van der Waals surface area contributed by atoms with Gasteiger partial charge in [0.15, 0.2) is 0 Å². The molecule has 0 amide bonds. The fourth-order valence-electron chi connectivity index (χ4n) is 2.98. The molecule has 4 heteroatoms. The molecule has 1 atom stereocenters. The van der Waals surface area contributed by atoms with Crippen LogP contribution in [0.1, 0.15) is 32.5 Å². The Morgan fingerprint density at radius 2 is 2.25 bits per heavy atom. The minimum absolute atomic E-state index is 0.0783. The Hall–Kier alpha value is -1.39. The molecular weight excluding hydrogens is 250 g/mol. The zero-order valence-electron chi connectivity index (χ0n) is 12.4. The highest BCUT2D eigenvalue weighted by atomic mass is 16.5. The first kappa shape index (κ1) is 13.6. The van der Waals surface area contributed by atoms with E-state index >= 15 is 0 Å². The van der Waals surface area contributed by atoms with Crippen LogP contribution in [0.5, 0.6) is 0 Å². The van der Waals surface area contributed by atoms with Crippen molar-refractivity contribution in [1.82, 2.24) is 14.9 Å². The maximum Gasteiger partial charge on any atom is 0.123 e. The third kappa shape index (κ3) is 2.58. The van der Waals surface area contributed by atoms with Gasteiger partial charge in [0.1, 0.15) is 5.82 Å². The molecular formula is C16H23N3O. The smallest absolute Gasteiger partial charge is 0.123 e. The van der Waals surface area contributed by atoms with Crippen LogP contribution in [0.15, 0.2) is 24.3 Å². The molecule has 1 saturated heterocycles. The van der Waals surface area contributed by atoms with Crippen molar-refractivity contribution < 1.29 is 4.74 Å². The van der Waals surface area contributed by atoms with Gasteiger partial charge in [0, 0.05) is 18.7 Å². The summed E-state index contributed by atoms with van der Waals surface area (Å²) in [7, 11) is 0. The van der Waals surface area contributed by atoms with Crippen LogP contribution in [0.3, 0.4) is 0 Å². The van der Waals surface area contributed by atoms with Gasteiger partial charge in [0.25, 0.3) is 0 Å². The van der Waals surface area contributed by atoms with Crippen molar-refractivity contribution in [1.29, 1.82) is 0 Å². The number of hydrogen-bond donors (Lipinski definition) is 1. The van der Waals surface area contributed by atoms with Gasteiger partial charge in [-0.2, -0.15) is 0 Å². The van der Waals surface area contributed by atoms with Gasteiger partial charge >= 0.3 is 0 Å². The number of fused-ring (bicyclic) bond motifs is 1. The normalized spacial score (nSPS) is 23.3. The van der Waals surface area contributed by atoms with Gasteiger partial charge in [-0.15, -0.1) is 0 Å². The Bertz CT molecular complexity index is 584. The summed E-state index contributed by atoms with van der Waals surface area (Å²) in [5.74, 6) is 1.11. The van der Waals surface area contributed by atoms with Crippen molar-refractivity contribution in [3.63, 3.8) is 0 Å². The molecule has 108 valence electrons. The van der Waals surface area contributed by atoms with E-state index in [0.29, 0.717) is 0 Å². The molecule has 1 aliphatic heterocycles. The van der Waals surface area contributed by atoms with E-state index in [1.165, 1.54) is 11.9 Å². The Balaban J connectivity index is 1.80. The molecule has 1 fully saturated rings. The molecule has 0 aliphatic carbocycles. The summed E-state index contributed by atoms with van der Waals surface area (Å²) in [6.45, 7) is 7.84. The second-order valence-corrected chi connectivity index (χ2v) is 5.83. The molecule has 0 bridgehead atoms. The van der Waals surface area contributed by atoms with Crippen LogP contribution < -0.4 is 5.32 Å². The fraction of sp³-hybridized carbons (Fsp3) is 0.562. The second-order valence-electron chi connectivity index (χ2n) is 5.83. The highest BCUT2D eigenvalue weighted by Crippen LogP contribution is 2.20. The van der Waals surface area contributed by atoms with E-state index in [2.05, 4.69) is 41.9 Å². The van der Waals surface area contributed by atoms with Gasteiger partial charge in [-0.25, -0.2) is 4.98 Å². The van der Waals surface area contributed by atoms with E-state index in [4.69, 9.17) is 9.72 Å². The molecule has 1 aromatic heterocycles. The maximum absolute atomic E-state index is 5.60. The number of aromatic nitrogens is 2. The van der Waals surface area contributed by atoms with E-state index in [1.54, 1.807) is 0 Å². The van der Waals surface area contributed by atoms with E-state index < -0.39 is 0 Å². The lowest BCUT2D eigenvalue weighted by Gasteiger charge is -2.34. The lowest BCUT2D eigenvalue weighted by atomic mass is 9.95. The van der Waals surface area contributed by atoms with Crippen molar-refractivity contribution in [2.45, 2.75) is 45.3 Å². The predicted molar refractivity (Wildman–Crippen MR) is 80.7 cm³/mol. The number of para-hydroxylation sites is 2. The molecule has 1 unspecified atom stereocenters. The van der Waals surface area contributed by atoms with Crippen LogP contribution in [0.25, 0.3) is 11.0 Å². The van der Waals surface area contributed by atoms with Gasteiger partial charge < -0.3 is 14.6 Å². The van der Waals surface area contributed by atoms with E-state index in [9.17, 15) is 0 Å². The average Bonchev–Trinajstić information content (AvgIpc) is 2.83. The standard InChI is InChI=1S/C16H23N3O/c1-3-19-14-8-5-4-7-13(14)18-15(19)11-17-16(2)9-6-10-20-12-16/h4-5,7-8,17H,3,6,9-12H2,1-2H3. The van der Waals surface area contributed by atoms with Crippen LogP contribution in [0.4, 0.5) is 0 Å². The third-order valence-corrected chi connectivity index (χ3v) is 4.16. The van der Waals surface area contributed by atoms with Crippen LogP contribution in [-0.4, -0.2) is 28.3 Å². The summed E-state index contributed by atoms with van der Waals surface area (Å²) in [6, 6.07) is 8.34. The molecule has 1 N–H and O–H groups in total. The highest BCUT2D eigenvalue weighted by molar-refractivity contribution is 5.75. The lowest BCUT2D eigenvalue weighted by Crippen LogP contribution is -2.48. The van der Waals surface area contributed by atoms with Crippen molar-refractivity contribution in [3.8, 4) is 0 Å². The number of rotatable bonds is 4. The zero-order chi connectivity index (χ0) is 14.0. The number of imidazole rings is 1. The van der Waals surface area contributed by atoms with Gasteiger partial charge in [-0.3, -0.25) is 0 Å². The molecule has 1 aliphatic rings. The van der Waals surface area contributed by atoms with Crippen LogP contribution in [0, 0.1) is 0 Å². The quantitative estimate of drug-likeness (QED) is 0.931. The van der Waals surface area contributed by atoms with E-state index in [1.807, 2.05) is 6.07 Å². The molecule has 4 nitrogen and oxygen atoms in total. The van der Waals surface area contributed by atoms with E-state index in [-0.39, 0.29) is 5.54 Å². The minimum atomic E-state index is 0.0783. The SMILES string of the molecule is CCn1c(CNC2(C)CCCOC2)nc2ccccc21. The van der Waals surface area contributed by atoms with Gasteiger partial charge in [-0.1, -0.05) is 12.1 Å². The van der Waals surface area contributed by atoms with Gasteiger partial charge in [0.2, 0.25) is 0 Å². The number of benzene rings is 1. The van der Waals surface area contributed by atoms with Crippen LogP contribution in [-0.2, 0) is 17.8 Å². The predicted octanol–water partition coefficient (Wildman–Crippen LogP) is 2.71. The average molecular weight is 273 g/mol. The first-order chi connectivity index (χ1) is 9.72. The van der Waals surface area contributed by atoms with Crippen molar-refractivity contribution in [3.05, 3.63) is 30.1 Å². The van der Waals surface area contributed by atoms with Crippen molar-refractivity contribution in [2.24, 2.45) is 0 Å². The van der Waals surface area contributed by atoms with E-state index in [0.717, 1.165) is 44.1 Å². The van der Waals surface area contributed by atoms with Gasteiger partial charge in [0.05, 0.1) is 24.2 Å². The molecule has 3 rings (SSSR count). The zero-order valence-corrected chi connectivity index (χ0v) is 12.4. The fourth-order valence-corrected chi connectivity index (χ4v) is 2.98. The Labute approximate surface area is 120 Å². The summed E-state index contributed by atoms with van der Waals surface area (Å²) >= 11 is 0. The summed E-state index contributed by atoms with van der Waals surface area (Å²) in [5.41, 5.74) is 2.38. The molecule has 0 spiro atoms. The molecule has 20 heavy (non-hydrogen) atoms. The van der Waals surface area contributed by atoms with Crippen LogP contribution >= 0.6 is 0 Å². The Morgan fingerprint density at radius 1 is 1.40 bits per heavy atom. The monoisotopic (exact) mass is 273 g/mol. The Kier molecular flexibility index (Phi) is 3.76. The van der Waals surface area contributed by atoms with Crippen molar-refractivity contribution >= 4 is 11.0 Å². The number of nitrogens with zero attached hydrogens (tertiary/aromatic N) is 2. The molecule has 0 saturated carbocycles. The second kappa shape index (κ2) is 5.54. The minimum Gasteiger partial charge on any atom is -0.380 e. The molecule has 2 heterocycles. The highest BCUT2D eigenvalue weighted by Gasteiger charge is 2.27. The summed E-state index contributed by atoms with van der Waals surface area (Å²) < 4.78 is 7.89. The van der Waals surface area contributed by atoms with Crippen molar-refractivity contribution in [2.75, 3.05) is 13.2 Å². The number of aryl methyl sites for hydroxylation is 1. The number of hydrogen-bond acceptors (Lipinski definition) is 3. The first-order valence-corrected chi connectivity index (χ1v) is 7.49. The van der Waals surface area contributed by atoms with Gasteiger partial charge in [-0.05, 0) is 38.8 Å². The lowest BCUT2D eigenvalue weighted by molar-refractivity contribution is 0.0274. The summed E-state index contributed by atoms with van der Waals surface area (Å²) in [6.07, 6.45) is 2.30. The summed E-state index contributed by atoms with van der Waals surface area (Å²) in [5, 5.41) is 3.64. The molecule has 0 radical (unpaired) electrons. The number of nitrogens with one attached hydrogen (secondary N) is 1.